The van der Waals surface area contributed by atoms with Gasteiger partial charge in [0.25, 0.3) is 0 Å². The smallest absolute Gasteiger partial charge is 0.319 e. The summed E-state index contributed by atoms with van der Waals surface area (Å²) in [5.41, 5.74) is -0.396. The van der Waals surface area contributed by atoms with E-state index >= 15 is 8.78 Å². The Bertz CT molecular complexity index is 4160. The van der Waals surface area contributed by atoms with Crippen molar-refractivity contribution in [3.8, 4) is 70.7 Å². The van der Waals surface area contributed by atoms with Gasteiger partial charge >= 0.3 is 12.0 Å². The molecule has 0 radical (unpaired) electrons. The first-order chi connectivity index (χ1) is 41.7. The average molecular weight is 1170 g/mol. The zero-order valence-corrected chi connectivity index (χ0v) is 47.0. The van der Waals surface area contributed by atoms with Gasteiger partial charge < -0.3 is 40.1 Å². The number of anilines is 2. The van der Waals surface area contributed by atoms with Gasteiger partial charge in [-0.15, -0.1) is 12.8 Å². The van der Waals surface area contributed by atoms with Gasteiger partial charge in [0, 0.05) is 73.4 Å². The van der Waals surface area contributed by atoms with Gasteiger partial charge in [-0.2, -0.15) is 19.9 Å². The molecule has 440 valence electrons. The van der Waals surface area contributed by atoms with Crippen LogP contribution in [-0.2, 0) is 9.59 Å². The summed E-state index contributed by atoms with van der Waals surface area (Å²) in [5, 5.41) is 28.7. The van der Waals surface area contributed by atoms with Crippen molar-refractivity contribution in [3.05, 3.63) is 95.3 Å². The number of benzene rings is 4. The molecule has 6 aliphatic rings. The van der Waals surface area contributed by atoms with E-state index in [1.54, 1.807) is 4.90 Å². The quantitative estimate of drug-likeness (QED) is 0.0751. The predicted octanol–water partition coefficient (Wildman–Crippen LogP) is 8.29. The van der Waals surface area contributed by atoms with E-state index in [1.807, 2.05) is 4.90 Å². The summed E-state index contributed by atoms with van der Waals surface area (Å²) in [6, 6.07) is 10.9. The summed E-state index contributed by atoms with van der Waals surface area (Å²) in [7, 11) is 0. The van der Waals surface area contributed by atoms with Crippen LogP contribution in [0.4, 0.5) is 29.2 Å². The number of hydrogen-bond acceptors (Lipinski definition) is 16. The number of rotatable bonds is 10. The number of aromatic nitrogens is 6. The van der Waals surface area contributed by atoms with E-state index in [1.165, 1.54) is 60.9 Å². The molecule has 0 spiro atoms. The number of nitrogens with one attached hydrogen (secondary N) is 2. The fourth-order valence-corrected chi connectivity index (χ4v) is 13.8. The number of nitrogens with zero attached hydrogens (tertiary/aromatic N) is 10. The molecular weight excluding hydrogens is 1110 g/mol. The van der Waals surface area contributed by atoms with Gasteiger partial charge in [0.05, 0.1) is 39.5 Å². The Morgan fingerprint density at radius 3 is 1.53 bits per heavy atom. The van der Waals surface area contributed by atoms with Crippen LogP contribution in [0.2, 0.25) is 0 Å². The first-order valence-electron chi connectivity index (χ1n) is 29.1. The number of carbonyl (C=O) groups is 2. The Kier molecular flexibility index (Phi) is 14.8. The van der Waals surface area contributed by atoms with Crippen LogP contribution in [0.3, 0.4) is 0 Å². The lowest BCUT2D eigenvalue weighted by Crippen LogP contribution is -2.43. The number of phenolic OH excluding ortho intramolecular Hbond substituents is 2. The normalized spacial score (nSPS) is 18.4. The number of fused-ring (bicyclic) bond motifs is 6. The van der Waals surface area contributed by atoms with Crippen molar-refractivity contribution >= 4 is 66.8 Å². The third-order valence-corrected chi connectivity index (χ3v) is 17.9. The summed E-state index contributed by atoms with van der Waals surface area (Å²) in [5.74, 6) is 2.07. The molecule has 2 amide bonds. The highest BCUT2D eigenvalue weighted by Gasteiger charge is 2.46. The van der Waals surface area contributed by atoms with E-state index in [2.05, 4.69) is 52.2 Å². The maximum Gasteiger partial charge on any atom is 0.319 e. The van der Waals surface area contributed by atoms with E-state index in [4.69, 9.17) is 32.3 Å². The zero-order chi connectivity index (χ0) is 59.4. The van der Waals surface area contributed by atoms with Crippen molar-refractivity contribution in [2.24, 2.45) is 0 Å². The number of aromatic hydroxyl groups is 2. The van der Waals surface area contributed by atoms with Crippen molar-refractivity contribution in [2.75, 3.05) is 88.5 Å². The molecule has 0 atom stereocenters. The number of halogens is 4. The molecular formula is C64H60F4N12O6. The maximum atomic E-state index is 16.6. The van der Waals surface area contributed by atoms with Crippen LogP contribution in [0.5, 0.6) is 23.5 Å². The van der Waals surface area contributed by atoms with Crippen LogP contribution in [0, 0.1) is 48.0 Å². The fourth-order valence-electron chi connectivity index (χ4n) is 13.8. The first-order valence-corrected chi connectivity index (χ1v) is 29.1. The summed E-state index contributed by atoms with van der Waals surface area (Å²) in [6.45, 7) is 7.18. The number of pyridine rings is 2. The van der Waals surface area contributed by atoms with Crippen molar-refractivity contribution in [1.29, 1.82) is 0 Å². The van der Waals surface area contributed by atoms with Gasteiger partial charge in [0.1, 0.15) is 70.4 Å². The molecule has 22 heteroatoms. The topological polar surface area (TPSA) is 207 Å². The van der Waals surface area contributed by atoms with Crippen molar-refractivity contribution in [2.45, 2.75) is 75.3 Å². The molecule has 4 aromatic carbocycles. The molecule has 0 bridgehead atoms. The minimum Gasteiger partial charge on any atom is -0.508 e. The minimum atomic E-state index is -0.800. The van der Waals surface area contributed by atoms with Gasteiger partial charge in [-0.25, -0.2) is 17.6 Å². The molecule has 6 saturated heterocycles. The second kappa shape index (κ2) is 22.7. The largest absolute Gasteiger partial charge is 0.508 e. The minimum absolute atomic E-state index is 0.00690. The summed E-state index contributed by atoms with van der Waals surface area (Å²) in [6.07, 6.45) is 23.6. The third-order valence-electron chi connectivity index (χ3n) is 17.9. The fraction of sp³-hybridized carbons (Fsp3) is 0.375. The molecule has 6 aliphatic heterocycles. The summed E-state index contributed by atoms with van der Waals surface area (Å²) >= 11 is 0. The second-order valence-electron chi connectivity index (χ2n) is 23.0. The van der Waals surface area contributed by atoms with E-state index in [0.29, 0.717) is 85.5 Å². The van der Waals surface area contributed by atoms with Crippen molar-refractivity contribution < 1.29 is 46.8 Å². The van der Waals surface area contributed by atoms with Gasteiger partial charge in [0.2, 0.25) is 11.8 Å². The highest BCUT2D eigenvalue weighted by atomic mass is 19.1. The number of carbonyl (C=O) groups excluding carboxylic acids is 2. The van der Waals surface area contributed by atoms with Gasteiger partial charge in [-0.3, -0.25) is 29.4 Å². The summed E-state index contributed by atoms with van der Waals surface area (Å²) in [4.78, 5) is 60.5. The summed E-state index contributed by atoms with van der Waals surface area (Å²) < 4.78 is 75.3. The van der Waals surface area contributed by atoms with Crippen LogP contribution < -0.4 is 29.9 Å². The van der Waals surface area contributed by atoms with Crippen LogP contribution >= 0.6 is 0 Å². The molecule has 10 heterocycles. The Hall–Kier alpha value is -9.12. The molecule has 86 heavy (non-hydrogen) atoms. The van der Waals surface area contributed by atoms with E-state index in [-0.39, 0.29) is 115 Å². The molecule has 4 aromatic heterocycles. The Morgan fingerprint density at radius 1 is 0.570 bits per heavy atom. The van der Waals surface area contributed by atoms with Gasteiger partial charge in [0.15, 0.2) is 11.6 Å². The molecule has 8 aromatic rings. The zero-order valence-electron chi connectivity index (χ0n) is 47.0. The number of amides is 2. The lowest BCUT2D eigenvalue weighted by atomic mass is 9.95. The number of terminal acetylenes is 2. The van der Waals surface area contributed by atoms with Crippen LogP contribution in [0.15, 0.2) is 60.9 Å². The SMILES string of the molecule is C#Cc1c(F)ccc2cc(O)cc(-c3ncc4c(N5CCCNC(=O)C5)nc(OCC56CCCN5CCC6)nc4c3F)c12.C#Cc1c(F)ccc2cc(O)cc(-c3ncc4c(N5CCNC(=O)CC5)nc(OCC56CCCN5CCC6)nc4c3F)c12. The Balaban J connectivity index is 0.000000160. The first kappa shape index (κ1) is 56.0. The average Bonchev–Trinajstić information content (AvgIpc) is 1.33. The van der Waals surface area contributed by atoms with Crippen molar-refractivity contribution in [3.63, 3.8) is 0 Å². The number of phenols is 2. The highest BCUT2D eigenvalue weighted by Crippen LogP contribution is 2.44. The molecule has 0 aliphatic carbocycles. The maximum absolute atomic E-state index is 16.6. The molecule has 4 N–H and O–H groups in total. The van der Waals surface area contributed by atoms with Crippen LogP contribution in [0.25, 0.3) is 65.9 Å². The number of ether oxygens (including phenoxy) is 2. The van der Waals surface area contributed by atoms with Crippen LogP contribution in [0.1, 0.15) is 75.3 Å². The molecule has 14 rings (SSSR count). The molecule has 0 saturated carbocycles. The van der Waals surface area contributed by atoms with Gasteiger partial charge in [-0.05, 0) is 131 Å². The predicted molar refractivity (Wildman–Crippen MR) is 316 cm³/mol. The van der Waals surface area contributed by atoms with E-state index in [0.717, 1.165) is 77.5 Å². The lowest BCUT2D eigenvalue weighted by Gasteiger charge is -2.31. The monoisotopic (exact) mass is 1170 g/mol. The van der Waals surface area contributed by atoms with E-state index < -0.39 is 23.3 Å². The highest BCUT2D eigenvalue weighted by molar-refractivity contribution is 6.05. The van der Waals surface area contributed by atoms with Crippen LogP contribution in [-0.4, -0.2) is 151 Å². The number of hydrogen-bond donors (Lipinski definition) is 4. The molecule has 0 unspecified atom stereocenters. The standard InChI is InChI=1S/2C32H30F2N6O3/c1-2-21-24(33)7-6-19-14-20(41)15-22(26(19)21)28-27(34)29-23(16-36-28)30(39-11-5-10-35-25(42)17-39)38-31(37-29)43-18-32-8-3-12-40(32)13-4-9-32;1-2-21-24(33)6-5-19-15-20(41)16-22(26(19)21)28-27(34)29-23(17-36-28)30(39-13-7-25(42)35-10-14-39)38-31(37-29)43-18-32-8-3-11-40(32)12-4-9-32/h1,6-7,14-16,41H,3-5,8-13,17-18H2,(H,35,42);1,5-6,15-17,41H,3-4,7-14,18H2,(H,35,42). The molecule has 18 nitrogen and oxygen atoms in total. The molecule has 6 fully saturated rings. The third kappa shape index (κ3) is 10.1. The Morgan fingerprint density at radius 2 is 1.05 bits per heavy atom. The lowest BCUT2D eigenvalue weighted by molar-refractivity contribution is -0.121. The van der Waals surface area contributed by atoms with Gasteiger partial charge in [-0.1, -0.05) is 24.0 Å². The second-order valence-corrected chi connectivity index (χ2v) is 23.0. The van der Waals surface area contributed by atoms with E-state index in [9.17, 15) is 28.6 Å². The Labute approximate surface area is 492 Å². The van der Waals surface area contributed by atoms with Crippen molar-refractivity contribution in [1.82, 2.24) is 50.3 Å².